The molecule has 0 saturated heterocycles. The fourth-order valence-electron chi connectivity index (χ4n) is 1.18. The van der Waals surface area contributed by atoms with Gasteiger partial charge in [0.1, 0.15) is 11.6 Å². The monoisotopic (exact) mass is 236 g/mol. The van der Waals surface area contributed by atoms with E-state index in [9.17, 15) is 9.18 Å². The lowest BCUT2D eigenvalue weighted by Crippen LogP contribution is -2.17. The molecule has 0 aliphatic rings. The molecule has 2 rings (SSSR count). The van der Waals surface area contributed by atoms with Crippen LogP contribution in [0.4, 0.5) is 10.2 Å². The van der Waals surface area contributed by atoms with Crippen LogP contribution >= 0.6 is 0 Å². The summed E-state index contributed by atoms with van der Waals surface area (Å²) in [5, 5.41) is 13.2. The van der Waals surface area contributed by atoms with Crippen LogP contribution in [0.3, 0.4) is 0 Å². The molecule has 0 aliphatic heterocycles. The van der Waals surface area contributed by atoms with Gasteiger partial charge < -0.3 is 5.32 Å². The number of carbonyl (C=O) groups is 1. The number of aromatic nitrogens is 5. The van der Waals surface area contributed by atoms with E-state index in [0.717, 1.165) is 6.20 Å². The summed E-state index contributed by atoms with van der Waals surface area (Å²) in [5.74, 6) is -0.0568. The maximum Gasteiger partial charge on any atom is 0.233 e. The molecule has 2 aromatic heterocycles. The highest BCUT2D eigenvalue weighted by Crippen LogP contribution is 2.04. The van der Waals surface area contributed by atoms with Crippen molar-refractivity contribution in [3.63, 3.8) is 0 Å². The van der Waals surface area contributed by atoms with Gasteiger partial charge in [-0.1, -0.05) is 0 Å². The summed E-state index contributed by atoms with van der Waals surface area (Å²) in [5.41, 5.74) is 0. The van der Waals surface area contributed by atoms with E-state index in [-0.39, 0.29) is 18.1 Å². The van der Waals surface area contributed by atoms with Crippen LogP contribution in [0.2, 0.25) is 0 Å². The fraction of sp³-hybridized carbons (Fsp3) is 0.222. The van der Waals surface area contributed by atoms with E-state index in [0.29, 0.717) is 5.82 Å². The second kappa shape index (κ2) is 4.64. The normalized spacial score (nSPS) is 10.2. The third-order valence-corrected chi connectivity index (χ3v) is 2.02. The van der Waals surface area contributed by atoms with Gasteiger partial charge in [-0.25, -0.2) is 14.1 Å². The highest BCUT2D eigenvalue weighted by molar-refractivity contribution is 5.90. The summed E-state index contributed by atoms with van der Waals surface area (Å²) >= 11 is 0. The van der Waals surface area contributed by atoms with Crippen molar-refractivity contribution in [2.45, 2.75) is 6.42 Å². The zero-order chi connectivity index (χ0) is 12.3. The molecule has 88 valence electrons. The van der Waals surface area contributed by atoms with Crippen LogP contribution in [0.5, 0.6) is 0 Å². The molecule has 0 fully saturated rings. The van der Waals surface area contributed by atoms with Gasteiger partial charge in [0.25, 0.3) is 0 Å². The van der Waals surface area contributed by atoms with E-state index in [4.69, 9.17) is 0 Å². The van der Waals surface area contributed by atoms with Crippen LogP contribution in [0.25, 0.3) is 0 Å². The number of pyridine rings is 1. The third-order valence-electron chi connectivity index (χ3n) is 2.02. The van der Waals surface area contributed by atoms with Gasteiger partial charge in [-0.3, -0.25) is 4.79 Å². The minimum absolute atomic E-state index is 0.0303. The van der Waals surface area contributed by atoms with Gasteiger partial charge >= 0.3 is 0 Å². The zero-order valence-electron chi connectivity index (χ0n) is 8.96. The number of hydrogen-bond donors (Lipinski definition) is 1. The Hall–Kier alpha value is -2.38. The summed E-state index contributed by atoms with van der Waals surface area (Å²) in [4.78, 5) is 15.3. The molecule has 0 aliphatic carbocycles. The molecule has 2 aromatic rings. The fourth-order valence-corrected chi connectivity index (χ4v) is 1.18. The van der Waals surface area contributed by atoms with Crippen LogP contribution < -0.4 is 5.32 Å². The molecular formula is C9H9FN6O. The van der Waals surface area contributed by atoms with E-state index in [1.165, 1.54) is 16.8 Å². The minimum Gasteiger partial charge on any atom is -0.310 e. The Labute approximate surface area is 95.7 Å². The topological polar surface area (TPSA) is 85.6 Å². The Morgan fingerprint density at radius 3 is 2.94 bits per heavy atom. The van der Waals surface area contributed by atoms with Gasteiger partial charge in [-0.15, -0.1) is 5.10 Å². The summed E-state index contributed by atoms with van der Waals surface area (Å²) in [6.45, 7) is 0. The molecule has 0 bridgehead atoms. The van der Waals surface area contributed by atoms with Crippen molar-refractivity contribution in [3.8, 4) is 0 Å². The molecule has 17 heavy (non-hydrogen) atoms. The van der Waals surface area contributed by atoms with E-state index in [2.05, 4.69) is 25.8 Å². The summed E-state index contributed by atoms with van der Waals surface area (Å²) < 4.78 is 14.0. The van der Waals surface area contributed by atoms with Gasteiger partial charge in [-0.2, -0.15) is 0 Å². The summed E-state index contributed by atoms with van der Waals surface area (Å²) in [6.07, 6.45) is 1.06. The number of nitrogens with zero attached hydrogens (tertiary/aromatic N) is 5. The molecule has 0 atom stereocenters. The first-order valence-electron chi connectivity index (χ1n) is 4.78. The third kappa shape index (κ3) is 2.80. The molecule has 2 heterocycles. The van der Waals surface area contributed by atoms with Crippen molar-refractivity contribution >= 4 is 11.7 Å². The molecule has 7 nitrogen and oxygen atoms in total. The standard InChI is InChI=1S/C9H9FN6O/c1-16-8(13-14-15-16)4-9(17)12-7-3-2-6(10)5-11-7/h2-3,5H,4H2,1H3,(H,11,12,17). The van der Waals surface area contributed by atoms with Crippen molar-refractivity contribution in [1.82, 2.24) is 25.2 Å². The number of aryl methyl sites for hydroxylation is 1. The Morgan fingerprint density at radius 1 is 1.53 bits per heavy atom. The van der Waals surface area contributed by atoms with E-state index in [1.807, 2.05) is 0 Å². The van der Waals surface area contributed by atoms with E-state index >= 15 is 0 Å². The maximum atomic E-state index is 12.6. The number of halogens is 1. The molecule has 0 aromatic carbocycles. The first-order chi connectivity index (χ1) is 8.15. The molecule has 0 unspecified atom stereocenters. The number of amides is 1. The first-order valence-corrected chi connectivity index (χ1v) is 4.78. The highest BCUT2D eigenvalue weighted by atomic mass is 19.1. The lowest BCUT2D eigenvalue weighted by Gasteiger charge is -2.02. The SMILES string of the molecule is Cn1nnnc1CC(=O)Nc1ccc(F)cn1. The van der Waals surface area contributed by atoms with E-state index in [1.54, 1.807) is 7.05 Å². The lowest BCUT2D eigenvalue weighted by molar-refractivity contribution is -0.115. The molecule has 1 amide bonds. The van der Waals surface area contributed by atoms with Crippen molar-refractivity contribution < 1.29 is 9.18 Å². The quantitative estimate of drug-likeness (QED) is 0.805. The second-order valence-corrected chi connectivity index (χ2v) is 3.31. The molecular weight excluding hydrogens is 227 g/mol. The number of nitrogens with one attached hydrogen (secondary N) is 1. The average Bonchev–Trinajstić information content (AvgIpc) is 2.68. The van der Waals surface area contributed by atoms with Crippen molar-refractivity contribution in [2.24, 2.45) is 7.05 Å². The van der Waals surface area contributed by atoms with Gasteiger partial charge in [0.2, 0.25) is 5.91 Å². The van der Waals surface area contributed by atoms with Crippen LogP contribution in [0.1, 0.15) is 5.82 Å². The van der Waals surface area contributed by atoms with Gasteiger partial charge in [0.15, 0.2) is 5.82 Å². The molecule has 8 heteroatoms. The van der Waals surface area contributed by atoms with Crippen molar-refractivity contribution in [1.29, 1.82) is 0 Å². The Bertz CT molecular complexity index is 523. The van der Waals surface area contributed by atoms with E-state index < -0.39 is 5.82 Å². The zero-order valence-corrected chi connectivity index (χ0v) is 8.96. The smallest absolute Gasteiger partial charge is 0.233 e. The minimum atomic E-state index is -0.458. The largest absolute Gasteiger partial charge is 0.310 e. The molecule has 0 radical (unpaired) electrons. The van der Waals surface area contributed by atoms with Crippen LogP contribution in [-0.4, -0.2) is 31.1 Å². The number of anilines is 1. The number of carbonyl (C=O) groups excluding carboxylic acids is 1. The Balaban J connectivity index is 1.98. The van der Waals surface area contributed by atoms with Gasteiger partial charge in [-0.05, 0) is 22.6 Å². The van der Waals surface area contributed by atoms with Crippen LogP contribution in [0, 0.1) is 5.82 Å². The van der Waals surface area contributed by atoms with Crippen LogP contribution in [-0.2, 0) is 18.3 Å². The average molecular weight is 236 g/mol. The Kier molecular flexibility index (Phi) is 3.03. The predicted octanol–water partition coefficient (Wildman–Crippen LogP) is -0.0746. The molecule has 0 spiro atoms. The number of hydrogen-bond acceptors (Lipinski definition) is 5. The molecule has 0 saturated carbocycles. The summed E-state index contributed by atoms with van der Waals surface area (Å²) in [6, 6.07) is 2.59. The number of rotatable bonds is 3. The molecule has 1 N–H and O–H groups in total. The highest BCUT2D eigenvalue weighted by Gasteiger charge is 2.09. The van der Waals surface area contributed by atoms with Crippen molar-refractivity contribution in [2.75, 3.05) is 5.32 Å². The van der Waals surface area contributed by atoms with Gasteiger partial charge in [0.05, 0.1) is 12.6 Å². The van der Waals surface area contributed by atoms with Gasteiger partial charge in [0, 0.05) is 7.05 Å². The predicted molar refractivity (Wildman–Crippen MR) is 55.3 cm³/mol. The van der Waals surface area contributed by atoms with Crippen molar-refractivity contribution in [3.05, 3.63) is 30.0 Å². The maximum absolute atomic E-state index is 12.6. The number of tetrazole rings is 1. The first kappa shape index (κ1) is 11.1. The Morgan fingerprint density at radius 2 is 2.35 bits per heavy atom. The second-order valence-electron chi connectivity index (χ2n) is 3.31. The van der Waals surface area contributed by atoms with Crippen LogP contribution in [0.15, 0.2) is 18.3 Å². The lowest BCUT2D eigenvalue weighted by atomic mass is 10.3. The summed E-state index contributed by atoms with van der Waals surface area (Å²) in [7, 11) is 1.64.